The van der Waals surface area contributed by atoms with Crippen LogP contribution in [0, 0.1) is 5.82 Å². The number of nitrogens with one attached hydrogen (secondary N) is 1. The summed E-state index contributed by atoms with van der Waals surface area (Å²) in [6.45, 7) is 5.91. The molecular weight excluding hydrogens is 506 g/mol. The molecule has 1 N–H and O–H groups in total. The lowest BCUT2D eigenvalue weighted by Gasteiger charge is -2.31. The first-order valence-corrected chi connectivity index (χ1v) is 13.0. The molecule has 2 atom stereocenters. The third-order valence-corrected chi connectivity index (χ3v) is 7.16. The number of carbonyl (C=O) groups excluding carboxylic acids is 2. The van der Waals surface area contributed by atoms with Gasteiger partial charge in [0.25, 0.3) is 0 Å². The molecule has 0 aliphatic rings. The van der Waals surface area contributed by atoms with E-state index in [1.54, 1.807) is 24.3 Å². The van der Waals surface area contributed by atoms with Crippen LogP contribution in [0.4, 0.5) is 4.39 Å². The van der Waals surface area contributed by atoms with E-state index in [0.717, 1.165) is 6.42 Å². The number of thioether (sulfide) groups is 1. The zero-order valence-corrected chi connectivity index (χ0v) is 21.9. The van der Waals surface area contributed by atoms with Gasteiger partial charge in [0.15, 0.2) is 0 Å². The average molecular weight is 534 g/mol. The van der Waals surface area contributed by atoms with Gasteiger partial charge in [-0.3, -0.25) is 9.59 Å². The normalized spacial score (nSPS) is 12.8. The standard InChI is InChI=1S/C24H28Cl3FN2O2S/c1-4-15(3)29-24(32)22(5-2)30(12-16-9-10-17(25)11-20(16)27)23(31)14-33-13-18-19(26)7-6-8-21(18)28/h6-11,15,22H,4-5,12-14H2,1-3H3,(H,29,32)/t15-,22+/m1/s1. The van der Waals surface area contributed by atoms with Crippen molar-refractivity contribution in [1.82, 2.24) is 10.2 Å². The van der Waals surface area contributed by atoms with Crippen LogP contribution in [0.1, 0.15) is 44.7 Å². The Kier molecular flexibility index (Phi) is 11.3. The highest BCUT2D eigenvalue weighted by atomic mass is 35.5. The summed E-state index contributed by atoms with van der Waals surface area (Å²) < 4.78 is 14.1. The second-order valence-electron chi connectivity index (χ2n) is 7.69. The first kappa shape index (κ1) is 27.8. The second kappa shape index (κ2) is 13.4. The van der Waals surface area contributed by atoms with Crippen LogP contribution in [0.3, 0.4) is 0 Å². The van der Waals surface area contributed by atoms with Crippen LogP contribution in [-0.2, 0) is 21.9 Å². The molecule has 0 saturated carbocycles. The maximum atomic E-state index is 14.1. The first-order valence-electron chi connectivity index (χ1n) is 10.7. The second-order valence-corrected chi connectivity index (χ2v) is 9.93. The van der Waals surface area contributed by atoms with Crippen LogP contribution in [0.5, 0.6) is 0 Å². The van der Waals surface area contributed by atoms with Crippen molar-refractivity contribution < 1.29 is 14.0 Å². The highest BCUT2D eigenvalue weighted by Crippen LogP contribution is 2.26. The smallest absolute Gasteiger partial charge is 0.243 e. The molecule has 2 aromatic carbocycles. The molecule has 180 valence electrons. The molecule has 0 spiro atoms. The maximum absolute atomic E-state index is 14.1. The molecule has 4 nitrogen and oxygen atoms in total. The minimum absolute atomic E-state index is 0.0137. The molecule has 0 bridgehead atoms. The highest BCUT2D eigenvalue weighted by molar-refractivity contribution is 7.99. The van der Waals surface area contributed by atoms with Crippen LogP contribution in [-0.4, -0.2) is 34.6 Å². The van der Waals surface area contributed by atoms with E-state index in [2.05, 4.69) is 5.32 Å². The van der Waals surface area contributed by atoms with Gasteiger partial charge in [-0.15, -0.1) is 11.8 Å². The quantitative estimate of drug-likeness (QED) is 0.348. The topological polar surface area (TPSA) is 49.4 Å². The molecular formula is C24H28Cl3FN2O2S. The summed E-state index contributed by atoms with van der Waals surface area (Å²) in [5.74, 6) is -0.574. The number of carbonyl (C=O) groups is 2. The van der Waals surface area contributed by atoms with Crippen molar-refractivity contribution >= 4 is 58.4 Å². The van der Waals surface area contributed by atoms with Gasteiger partial charge in [0.05, 0.1) is 5.75 Å². The Balaban J connectivity index is 2.22. The zero-order chi connectivity index (χ0) is 24.5. The summed E-state index contributed by atoms with van der Waals surface area (Å²) in [6.07, 6.45) is 1.21. The molecule has 0 aliphatic carbocycles. The molecule has 0 heterocycles. The van der Waals surface area contributed by atoms with Crippen LogP contribution < -0.4 is 5.32 Å². The molecule has 33 heavy (non-hydrogen) atoms. The predicted molar refractivity (Wildman–Crippen MR) is 137 cm³/mol. The lowest BCUT2D eigenvalue weighted by atomic mass is 10.1. The summed E-state index contributed by atoms with van der Waals surface area (Å²) in [6, 6.07) is 8.86. The fourth-order valence-corrected chi connectivity index (χ4v) is 4.90. The van der Waals surface area contributed by atoms with Crippen molar-refractivity contribution in [2.45, 2.75) is 58.0 Å². The number of amides is 2. The van der Waals surface area contributed by atoms with Gasteiger partial charge in [-0.05, 0) is 49.6 Å². The van der Waals surface area contributed by atoms with Gasteiger partial charge in [0, 0.05) is 39.0 Å². The molecule has 2 amide bonds. The predicted octanol–water partition coefficient (Wildman–Crippen LogP) is 6.74. The van der Waals surface area contributed by atoms with Crippen LogP contribution >= 0.6 is 46.6 Å². The van der Waals surface area contributed by atoms with E-state index in [-0.39, 0.29) is 35.9 Å². The molecule has 0 unspecified atom stereocenters. The molecule has 0 saturated heterocycles. The molecule has 0 radical (unpaired) electrons. The molecule has 2 aromatic rings. The van der Waals surface area contributed by atoms with Crippen molar-refractivity contribution in [1.29, 1.82) is 0 Å². The van der Waals surface area contributed by atoms with Crippen molar-refractivity contribution in [3.63, 3.8) is 0 Å². The Bertz CT molecular complexity index is 956. The molecule has 2 rings (SSSR count). The van der Waals surface area contributed by atoms with E-state index < -0.39 is 11.9 Å². The van der Waals surface area contributed by atoms with Crippen molar-refractivity contribution in [2.24, 2.45) is 0 Å². The van der Waals surface area contributed by atoms with E-state index in [1.165, 1.54) is 28.8 Å². The summed E-state index contributed by atoms with van der Waals surface area (Å²) in [5.41, 5.74) is 1.04. The summed E-state index contributed by atoms with van der Waals surface area (Å²) >= 11 is 19.7. The number of hydrogen-bond acceptors (Lipinski definition) is 3. The largest absolute Gasteiger partial charge is 0.352 e. The number of benzene rings is 2. The zero-order valence-electron chi connectivity index (χ0n) is 18.8. The molecule has 0 fully saturated rings. The van der Waals surface area contributed by atoms with Crippen molar-refractivity contribution in [3.05, 3.63) is 68.4 Å². The van der Waals surface area contributed by atoms with Gasteiger partial charge in [-0.2, -0.15) is 0 Å². The molecule has 9 heteroatoms. The Morgan fingerprint density at radius 3 is 2.42 bits per heavy atom. The van der Waals surface area contributed by atoms with Crippen LogP contribution in [0.25, 0.3) is 0 Å². The average Bonchev–Trinajstić information content (AvgIpc) is 2.76. The van der Waals surface area contributed by atoms with E-state index in [1.807, 2.05) is 20.8 Å². The Morgan fingerprint density at radius 1 is 1.09 bits per heavy atom. The van der Waals surface area contributed by atoms with Gasteiger partial charge in [-0.1, -0.05) is 60.8 Å². The van der Waals surface area contributed by atoms with Gasteiger partial charge < -0.3 is 10.2 Å². The fraction of sp³-hybridized carbons (Fsp3) is 0.417. The monoisotopic (exact) mass is 532 g/mol. The maximum Gasteiger partial charge on any atom is 0.243 e. The minimum Gasteiger partial charge on any atom is -0.352 e. The molecule has 0 aliphatic heterocycles. The number of rotatable bonds is 11. The van der Waals surface area contributed by atoms with Gasteiger partial charge in [0.2, 0.25) is 11.8 Å². The number of hydrogen-bond donors (Lipinski definition) is 1. The van der Waals surface area contributed by atoms with E-state index >= 15 is 0 Å². The van der Waals surface area contributed by atoms with E-state index in [0.29, 0.717) is 32.6 Å². The van der Waals surface area contributed by atoms with Crippen LogP contribution in [0.15, 0.2) is 36.4 Å². The number of halogens is 4. The van der Waals surface area contributed by atoms with E-state index in [9.17, 15) is 14.0 Å². The van der Waals surface area contributed by atoms with E-state index in [4.69, 9.17) is 34.8 Å². The Hall–Kier alpha value is -1.47. The lowest BCUT2D eigenvalue weighted by Crippen LogP contribution is -2.51. The van der Waals surface area contributed by atoms with Gasteiger partial charge in [-0.25, -0.2) is 4.39 Å². The van der Waals surface area contributed by atoms with Crippen molar-refractivity contribution in [2.75, 3.05) is 5.75 Å². The Labute approximate surface area is 214 Å². The third-order valence-electron chi connectivity index (χ3n) is 5.28. The number of nitrogens with zero attached hydrogens (tertiary/aromatic N) is 1. The summed E-state index contributed by atoms with van der Waals surface area (Å²) in [7, 11) is 0. The van der Waals surface area contributed by atoms with Gasteiger partial charge in [0.1, 0.15) is 11.9 Å². The minimum atomic E-state index is -0.670. The van der Waals surface area contributed by atoms with Gasteiger partial charge >= 0.3 is 0 Å². The SMILES string of the molecule is CC[C@@H](C)NC(=O)[C@H](CC)N(Cc1ccc(Cl)cc1Cl)C(=O)CSCc1c(F)cccc1Cl. The van der Waals surface area contributed by atoms with Crippen molar-refractivity contribution in [3.8, 4) is 0 Å². The van der Waals surface area contributed by atoms with Crippen LogP contribution in [0.2, 0.25) is 15.1 Å². The fourth-order valence-electron chi connectivity index (χ4n) is 3.19. The summed E-state index contributed by atoms with van der Waals surface area (Å²) in [5, 5.41) is 4.19. The lowest BCUT2D eigenvalue weighted by molar-refractivity contribution is -0.139. The first-order chi connectivity index (χ1) is 15.7. The third kappa shape index (κ3) is 8.06. The summed E-state index contributed by atoms with van der Waals surface area (Å²) in [4.78, 5) is 27.8. The molecule has 0 aromatic heterocycles. The highest BCUT2D eigenvalue weighted by Gasteiger charge is 2.29. The Morgan fingerprint density at radius 2 is 1.82 bits per heavy atom.